The quantitative estimate of drug-likeness (QED) is 0.212. The predicted molar refractivity (Wildman–Crippen MR) is 159 cm³/mol. The molecule has 5 heteroatoms. The van der Waals surface area contributed by atoms with E-state index in [-0.39, 0.29) is 48.4 Å². The molecule has 0 saturated heterocycles. The Labute approximate surface area is 267 Å². The molecule has 196 valence electrons. The molecular weight excluding hydrogens is 666 g/mol. The third-order valence-corrected chi connectivity index (χ3v) is 10.8. The summed E-state index contributed by atoms with van der Waals surface area (Å²) in [7, 11) is -0.818. The van der Waals surface area contributed by atoms with E-state index in [1.165, 1.54) is 32.5 Å². The van der Waals surface area contributed by atoms with Gasteiger partial charge in [-0.15, -0.1) is 0 Å². The van der Waals surface area contributed by atoms with Crippen molar-refractivity contribution in [2.75, 3.05) is 0 Å². The maximum absolute atomic E-state index is 2.23. The molecule has 4 aromatic rings. The molecule has 2 aliphatic rings. The summed E-state index contributed by atoms with van der Waals surface area (Å²) in [6, 6.07) is 43.1. The monoisotopic (exact) mass is 693 g/mol. The van der Waals surface area contributed by atoms with Gasteiger partial charge in [-0.25, -0.2) is 0 Å². The van der Waals surface area contributed by atoms with Crippen molar-refractivity contribution in [3.05, 3.63) is 184 Å². The Bertz CT molecular complexity index is 979. The molecule has 0 aromatic heterocycles. The van der Waals surface area contributed by atoms with Crippen LogP contribution in [0.25, 0.3) is 0 Å². The molecule has 0 atom stereocenters. The summed E-state index contributed by atoms with van der Waals surface area (Å²) >= 11 is 0. The van der Waals surface area contributed by atoms with Crippen LogP contribution in [0.15, 0.2) is 121 Å². The van der Waals surface area contributed by atoms with Crippen LogP contribution in [-0.2, 0) is 36.0 Å². The number of hydrogen-bond donors (Lipinski definition) is 0. The third-order valence-electron chi connectivity index (χ3n) is 5.86. The molecule has 0 bridgehead atoms. The van der Waals surface area contributed by atoms with E-state index in [0.717, 1.165) is 0 Å². The second-order valence-electron chi connectivity index (χ2n) is 8.30. The summed E-state index contributed by atoms with van der Waals surface area (Å²) in [6.07, 6.45) is 17.4. The molecule has 2 fully saturated rings. The van der Waals surface area contributed by atoms with Gasteiger partial charge in [0.25, 0.3) is 0 Å². The predicted octanol–water partition coefficient (Wildman–Crippen LogP) is 3.96. The first-order valence-corrected chi connectivity index (χ1v) is 14.8. The minimum Gasteiger partial charge on any atom is -1.00 e. The molecule has 0 unspecified atom stereocenters. The average Bonchev–Trinajstić information content (AvgIpc) is 3.68. The molecule has 39 heavy (non-hydrogen) atoms. The molecule has 6 rings (SSSR count). The normalized spacial score (nSPS) is 15.0. The SMILES string of the molecule is [CH]1[CH][CH][C](P(c2ccccc2)c2ccccc2)[CH]1.[CH]1[CH][CH][C](P(c2ccccc2)c2ccccc2)[CH]1.[Cl-].[Ni+2].[Ru+2]. The largest absolute Gasteiger partial charge is 2.00 e. The Balaban J connectivity index is 0.000000254. The van der Waals surface area contributed by atoms with Crippen LogP contribution in [-0.4, -0.2) is 0 Å². The van der Waals surface area contributed by atoms with Gasteiger partial charge in [0.15, 0.2) is 0 Å². The van der Waals surface area contributed by atoms with Gasteiger partial charge in [-0.05, 0) is 88.4 Å². The first kappa shape index (κ1) is 34.3. The van der Waals surface area contributed by atoms with E-state index < -0.39 is 15.8 Å². The summed E-state index contributed by atoms with van der Waals surface area (Å²) in [6.45, 7) is 0. The molecule has 4 aromatic carbocycles. The Morgan fingerprint density at radius 2 is 0.538 bits per heavy atom. The molecule has 0 amide bonds. The summed E-state index contributed by atoms with van der Waals surface area (Å²) in [4.78, 5) is 0. The fourth-order valence-electron chi connectivity index (χ4n) is 4.23. The third kappa shape index (κ3) is 9.60. The van der Waals surface area contributed by atoms with Gasteiger partial charge in [0.05, 0.1) is 0 Å². The summed E-state index contributed by atoms with van der Waals surface area (Å²) in [5.41, 5.74) is 2.84. The van der Waals surface area contributed by atoms with Crippen molar-refractivity contribution in [3.8, 4) is 0 Å². The average molecular weight is 694 g/mol. The second-order valence-corrected chi connectivity index (χ2v) is 12.7. The molecule has 2 aliphatic carbocycles. The number of halogens is 1. The van der Waals surface area contributed by atoms with E-state index in [4.69, 9.17) is 0 Å². The van der Waals surface area contributed by atoms with Crippen LogP contribution in [0.1, 0.15) is 0 Å². The summed E-state index contributed by atoms with van der Waals surface area (Å²) < 4.78 is 0. The fraction of sp³-hybridized carbons (Fsp3) is 0. The summed E-state index contributed by atoms with van der Waals surface area (Å²) in [5.74, 6) is 0. The molecule has 0 heterocycles. The van der Waals surface area contributed by atoms with Crippen LogP contribution >= 0.6 is 15.8 Å². The fourth-order valence-corrected chi connectivity index (χ4v) is 8.84. The molecule has 0 aliphatic heterocycles. The van der Waals surface area contributed by atoms with Gasteiger partial charge in [0, 0.05) is 11.3 Å². The Hall–Kier alpha value is -0.853. The Morgan fingerprint density at radius 3 is 0.744 bits per heavy atom. The van der Waals surface area contributed by atoms with Gasteiger partial charge in [0.1, 0.15) is 0 Å². The van der Waals surface area contributed by atoms with Crippen LogP contribution < -0.4 is 33.6 Å². The number of benzene rings is 4. The molecule has 0 N–H and O–H groups in total. The first-order valence-electron chi connectivity index (χ1n) is 12.1. The summed E-state index contributed by atoms with van der Waals surface area (Å²) in [5, 5.41) is 5.63. The van der Waals surface area contributed by atoms with Crippen LogP contribution in [0.3, 0.4) is 0 Å². The molecule has 0 spiro atoms. The van der Waals surface area contributed by atoms with Crippen LogP contribution in [0.2, 0.25) is 0 Å². The Kier molecular flexibility index (Phi) is 16.3. The standard InChI is InChI=1S/2C17H14P.ClH.Ni.Ru/c2*1-3-9-15(10-4-1)18(17-13-7-8-14-17)16-11-5-2-6-12-16;;;/h2*1-14H;1H;;/q;;;2*+2/p-1. The molecule has 2 saturated carbocycles. The van der Waals surface area contributed by atoms with Crippen molar-refractivity contribution in [2.24, 2.45) is 0 Å². The van der Waals surface area contributed by atoms with Crippen molar-refractivity contribution < 1.29 is 48.4 Å². The van der Waals surface area contributed by atoms with E-state index >= 15 is 0 Å². The minimum absolute atomic E-state index is 0. The van der Waals surface area contributed by atoms with Crippen LogP contribution in [0.4, 0.5) is 0 Å². The van der Waals surface area contributed by atoms with E-state index in [2.05, 4.69) is 173 Å². The first-order chi connectivity index (χ1) is 17.9. The number of rotatable bonds is 6. The minimum atomic E-state index is -0.409. The zero-order chi connectivity index (χ0) is 24.4. The smallest absolute Gasteiger partial charge is 1.00 e. The molecular formula is C34H28ClNiP2Ru+3. The van der Waals surface area contributed by atoms with Crippen molar-refractivity contribution in [2.45, 2.75) is 0 Å². The topological polar surface area (TPSA) is 0 Å². The van der Waals surface area contributed by atoms with Gasteiger partial charge in [-0.3, -0.25) is 0 Å². The van der Waals surface area contributed by atoms with E-state index in [0.29, 0.717) is 0 Å². The zero-order valence-corrected chi connectivity index (χ0v) is 26.4. The zero-order valence-electron chi connectivity index (χ0n) is 21.1. The van der Waals surface area contributed by atoms with Crippen LogP contribution in [0.5, 0.6) is 0 Å². The van der Waals surface area contributed by atoms with E-state index in [1.807, 2.05) is 0 Å². The van der Waals surface area contributed by atoms with Gasteiger partial charge < -0.3 is 12.4 Å². The number of hydrogen-bond acceptors (Lipinski definition) is 0. The van der Waals surface area contributed by atoms with Crippen molar-refractivity contribution in [3.63, 3.8) is 0 Å². The van der Waals surface area contributed by atoms with Gasteiger partial charge in [-0.1, -0.05) is 121 Å². The van der Waals surface area contributed by atoms with Crippen molar-refractivity contribution in [1.29, 1.82) is 0 Å². The second kappa shape index (κ2) is 18.6. The maximum Gasteiger partial charge on any atom is 2.00 e. The van der Waals surface area contributed by atoms with Crippen molar-refractivity contribution >= 4 is 37.1 Å². The molecule has 0 nitrogen and oxygen atoms in total. The molecule has 10 radical (unpaired) electrons. The van der Waals surface area contributed by atoms with E-state index in [1.54, 1.807) is 0 Å². The Morgan fingerprint density at radius 1 is 0.333 bits per heavy atom. The van der Waals surface area contributed by atoms with Gasteiger partial charge in [0.2, 0.25) is 0 Å². The van der Waals surface area contributed by atoms with Crippen LogP contribution in [0, 0.1) is 62.7 Å². The van der Waals surface area contributed by atoms with Gasteiger partial charge in [-0.2, -0.15) is 0 Å². The maximum atomic E-state index is 2.23. The van der Waals surface area contributed by atoms with Crippen molar-refractivity contribution in [1.82, 2.24) is 0 Å². The van der Waals surface area contributed by atoms with Gasteiger partial charge >= 0.3 is 36.0 Å². The van der Waals surface area contributed by atoms with E-state index in [9.17, 15) is 0 Å².